The van der Waals surface area contributed by atoms with Crippen LogP contribution in [0.4, 0.5) is 4.39 Å². The van der Waals surface area contributed by atoms with Gasteiger partial charge in [-0.05, 0) is 45.8 Å². The van der Waals surface area contributed by atoms with Gasteiger partial charge in [-0.25, -0.2) is 4.39 Å². The Morgan fingerprint density at radius 1 is 1.24 bits per heavy atom. The fraction of sp³-hybridized carbons (Fsp3) is 0.0909. The van der Waals surface area contributed by atoms with E-state index >= 15 is 0 Å². The maximum absolute atomic E-state index is 13.2. The summed E-state index contributed by atoms with van der Waals surface area (Å²) < 4.78 is 15.1. The lowest BCUT2D eigenvalue weighted by atomic mass is 10.1. The molecule has 1 unspecified atom stereocenters. The van der Waals surface area contributed by atoms with Crippen molar-refractivity contribution in [3.05, 3.63) is 53.8 Å². The molecule has 0 aliphatic rings. The fourth-order valence-corrected chi connectivity index (χ4v) is 3.63. The minimum atomic E-state index is -0.879. The minimum absolute atomic E-state index is 0.393. The molecule has 0 radical (unpaired) electrons. The van der Waals surface area contributed by atoms with E-state index in [1.165, 1.54) is 23.5 Å². The first kappa shape index (κ1) is 13.5. The predicted molar refractivity (Wildman–Crippen MR) is 75.2 cm³/mol. The monoisotopic (exact) mass is 398 g/mol. The van der Waals surface area contributed by atoms with Gasteiger partial charge in [0.2, 0.25) is 0 Å². The first-order valence-corrected chi connectivity index (χ1v) is 7.34. The van der Waals surface area contributed by atoms with Crippen LogP contribution >= 0.6 is 54.8 Å². The zero-order valence-corrected chi connectivity index (χ0v) is 13.0. The number of aliphatic hydroxyl groups is 1. The normalized spacial score (nSPS) is 12.8. The van der Waals surface area contributed by atoms with Gasteiger partial charge in [-0.15, -0.1) is 11.3 Å². The van der Waals surface area contributed by atoms with Gasteiger partial charge in [0.05, 0.1) is 0 Å². The zero-order valence-electron chi connectivity index (χ0n) is 8.25. The highest BCUT2D eigenvalue weighted by molar-refractivity contribution is 9.10. The average Bonchev–Trinajstić information content (AvgIpc) is 2.57. The Balaban J connectivity index is 2.39. The second kappa shape index (κ2) is 5.36. The Morgan fingerprint density at radius 3 is 2.47 bits per heavy atom. The summed E-state index contributed by atoms with van der Waals surface area (Å²) in [4.78, 5) is 0.666. The van der Waals surface area contributed by atoms with Crippen molar-refractivity contribution in [2.45, 2.75) is 6.10 Å². The molecule has 2 aromatic rings. The Kier molecular flexibility index (Phi) is 4.26. The lowest BCUT2D eigenvalue weighted by Crippen LogP contribution is -1.97. The molecule has 2 rings (SSSR count). The van der Waals surface area contributed by atoms with Gasteiger partial charge in [0.15, 0.2) is 0 Å². The maximum Gasteiger partial charge on any atom is 0.124 e. The summed E-state index contributed by atoms with van der Waals surface area (Å²) in [6.07, 6.45) is -0.879. The second-order valence-electron chi connectivity index (χ2n) is 3.38. The summed E-state index contributed by atoms with van der Waals surface area (Å²) in [6.45, 7) is 0. The Hall–Kier alpha value is 0.0600. The van der Waals surface area contributed by atoms with Gasteiger partial charge in [-0.3, -0.25) is 0 Å². The molecule has 1 nitrogen and oxygen atoms in total. The van der Waals surface area contributed by atoms with Crippen molar-refractivity contribution in [1.29, 1.82) is 0 Å². The van der Waals surface area contributed by atoms with Crippen LogP contribution in [-0.2, 0) is 0 Å². The molecule has 90 valence electrons. The SMILES string of the molecule is OC(c1cc(F)cc(Br)c1)c1cc(Br)c(Cl)s1. The van der Waals surface area contributed by atoms with Crippen LogP contribution in [-0.4, -0.2) is 5.11 Å². The first-order chi connectivity index (χ1) is 7.97. The van der Waals surface area contributed by atoms with Crippen LogP contribution in [0, 0.1) is 5.82 Å². The van der Waals surface area contributed by atoms with Crippen molar-refractivity contribution >= 4 is 54.8 Å². The highest BCUT2D eigenvalue weighted by Crippen LogP contribution is 2.37. The summed E-state index contributed by atoms with van der Waals surface area (Å²) in [5.74, 6) is -0.393. The van der Waals surface area contributed by atoms with E-state index in [0.717, 1.165) is 4.47 Å². The van der Waals surface area contributed by atoms with E-state index in [2.05, 4.69) is 31.9 Å². The van der Waals surface area contributed by atoms with Crippen molar-refractivity contribution in [3.63, 3.8) is 0 Å². The third kappa shape index (κ3) is 3.09. The molecule has 0 fully saturated rings. The van der Waals surface area contributed by atoms with E-state index in [4.69, 9.17) is 11.6 Å². The molecular weight excluding hydrogens is 394 g/mol. The van der Waals surface area contributed by atoms with Gasteiger partial charge in [-0.2, -0.15) is 0 Å². The molecule has 1 N–H and O–H groups in total. The van der Waals surface area contributed by atoms with Gasteiger partial charge in [-0.1, -0.05) is 27.5 Å². The summed E-state index contributed by atoms with van der Waals surface area (Å²) in [5, 5.41) is 10.1. The van der Waals surface area contributed by atoms with E-state index in [1.807, 2.05) is 0 Å². The average molecular weight is 400 g/mol. The molecule has 0 aliphatic carbocycles. The number of aliphatic hydroxyl groups excluding tert-OH is 1. The Bertz CT molecular complexity index is 519. The van der Waals surface area contributed by atoms with Gasteiger partial charge < -0.3 is 5.11 Å². The van der Waals surface area contributed by atoms with Crippen LogP contribution in [0.5, 0.6) is 0 Å². The third-order valence-corrected chi connectivity index (χ3v) is 5.12. The molecule has 1 aromatic heterocycles. The summed E-state index contributed by atoms with van der Waals surface area (Å²) in [6, 6.07) is 6.05. The summed E-state index contributed by atoms with van der Waals surface area (Å²) in [5.41, 5.74) is 0.488. The van der Waals surface area contributed by atoms with Crippen LogP contribution < -0.4 is 0 Å². The molecule has 1 aromatic carbocycles. The third-order valence-electron chi connectivity index (χ3n) is 2.13. The highest BCUT2D eigenvalue weighted by atomic mass is 79.9. The van der Waals surface area contributed by atoms with Gasteiger partial charge in [0.1, 0.15) is 16.3 Å². The van der Waals surface area contributed by atoms with E-state index in [1.54, 1.807) is 12.1 Å². The summed E-state index contributed by atoms with van der Waals surface area (Å²) in [7, 11) is 0. The van der Waals surface area contributed by atoms with Crippen molar-refractivity contribution in [1.82, 2.24) is 0 Å². The first-order valence-electron chi connectivity index (χ1n) is 4.56. The van der Waals surface area contributed by atoms with Crippen molar-refractivity contribution in [3.8, 4) is 0 Å². The topological polar surface area (TPSA) is 20.2 Å². The van der Waals surface area contributed by atoms with Gasteiger partial charge in [0, 0.05) is 13.8 Å². The number of thiophene rings is 1. The molecular formula is C11H6Br2ClFOS. The Labute approximate surface area is 123 Å². The number of halogens is 4. The van der Waals surface area contributed by atoms with E-state index in [-0.39, 0.29) is 0 Å². The van der Waals surface area contributed by atoms with Crippen molar-refractivity contribution in [2.24, 2.45) is 0 Å². The van der Waals surface area contributed by atoms with Crippen LogP contribution in [0.3, 0.4) is 0 Å². The molecule has 0 aliphatic heterocycles. The largest absolute Gasteiger partial charge is 0.383 e. The number of hydrogen-bond acceptors (Lipinski definition) is 2. The molecule has 1 atom stereocenters. The van der Waals surface area contributed by atoms with Gasteiger partial charge in [0.25, 0.3) is 0 Å². The predicted octanol–water partition coefficient (Wildman–Crippen LogP) is 5.15. The molecule has 0 bridgehead atoms. The smallest absolute Gasteiger partial charge is 0.124 e. The zero-order chi connectivity index (χ0) is 12.6. The van der Waals surface area contributed by atoms with Crippen LogP contribution in [0.15, 0.2) is 33.2 Å². The molecule has 0 amide bonds. The van der Waals surface area contributed by atoms with Crippen LogP contribution in [0.2, 0.25) is 4.34 Å². The lowest BCUT2D eigenvalue weighted by molar-refractivity contribution is 0.223. The summed E-state index contributed by atoms with van der Waals surface area (Å²) >= 11 is 13.6. The quantitative estimate of drug-likeness (QED) is 0.739. The molecule has 1 heterocycles. The van der Waals surface area contributed by atoms with Crippen molar-refractivity contribution in [2.75, 3.05) is 0 Å². The minimum Gasteiger partial charge on any atom is -0.383 e. The molecule has 0 saturated heterocycles. The molecule has 0 spiro atoms. The molecule has 6 heteroatoms. The van der Waals surface area contributed by atoms with E-state index in [0.29, 0.717) is 19.2 Å². The lowest BCUT2D eigenvalue weighted by Gasteiger charge is -2.09. The van der Waals surface area contributed by atoms with Crippen LogP contribution in [0.25, 0.3) is 0 Å². The van der Waals surface area contributed by atoms with Gasteiger partial charge >= 0.3 is 0 Å². The number of benzene rings is 1. The number of hydrogen-bond donors (Lipinski definition) is 1. The van der Waals surface area contributed by atoms with E-state index in [9.17, 15) is 9.50 Å². The fourth-order valence-electron chi connectivity index (χ4n) is 1.40. The van der Waals surface area contributed by atoms with E-state index < -0.39 is 11.9 Å². The van der Waals surface area contributed by atoms with Crippen molar-refractivity contribution < 1.29 is 9.50 Å². The molecule has 17 heavy (non-hydrogen) atoms. The molecule has 0 saturated carbocycles. The number of rotatable bonds is 2. The highest BCUT2D eigenvalue weighted by Gasteiger charge is 2.16. The van der Waals surface area contributed by atoms with Crippen LogP contribution in [0.1, 0.15) is 16.5 Å². The Morgan fingerprint density at radius 2 is 1.94 bits per heavy atom. The second-order valence-corrected chi connectivity index (χ2v) is 6.83. The standard InChI is InChI=1S/C11H6Br2ClFOS/c12-6-1-5(2-7(15)3-6)10(16)9-4-8(13)11(14)17-9/h1-4,10,16H. The maximum atomic E-state index is 13.2.